The van der Waals surface area contributed by atoms with E-state index in [-0.39, 0.29) is 17.1 Å². The predicted octanol–water partition coefficient (Wildman–Crippen LogP) is 0.632. The quantitative estimate of drug-likeness (QED) is 0.837. The number of nitrogens with zero attached hydrogens (tertiary/aromatic N) is 5. The highest BCUT2D eigenvalue weighted by Gasteiger charge is 2.21. The van der Waals surface area contributed by atoms with Gasteiger partial charge in [0.05, 0.1) is 0 Å². The van der Waals surface area contributed by atoms with Gasteiger partial charge >= 0.3 is 0 Å². The van der Waals surface area contributed by atoms with Crippen LogP contribution in [0.2, 0.25) is 5.28 Å². The summed E-state index contributed by atoms with van der Waals surface area (Å²) in [5.74, 6) is -0.0105. The number of carbonyl (C=O) groups is 1. The first kappa shape index (κ1) is 14.2. The van der Waals surface area contributed by atoms with Crippen molar-refractivity contribution in [3.63, 3.8) is 0 Å². The predicted molar refractivity (Wildman–Crippen MR) is 73.4 cm³/mol. The highest BCUT2D eigenvalue weighted by Crippen LogP contribution is 2.12. The average Bonchev–Trinajstić information content (AvgIpc) is 2.88. The molecule has 2 heterocycles. The van der Waals surface area contributed by atoms with Crippen LogP contribution in [-0.4, -0.2) is 36.5 Å². The number of primary amides is 1. The Morgan fingerprint density at radius 3 is 2.70 bits per heavy atom. The summed E-state index contributed by atoms with van der Waals surface area (Å²) in [6.45, 7) is 3.73. The van der Waals surface area contributed by atoms with Crippen LogP contribution >= 0.6 is 11.6 Å². The van der Waals surface area contributed by atoms with Crippen LogP contribution < -0.4 is 11.1 Å². The van der Waals surface area contributed by atoms with Crippen LogP contribution in [-0.2, 0) is 4.79 Å². The third-order valence-corrected chi connectivity index (χ3v) is 2.76. The van der Waals surface area contributed by atoms with E-state index in [1.807, 2.05) is 13.8 Å². The summed E-state index contributed by atoms with van der Waals surface area (Å²) in [4.78, 5) is 27.4. The monoisotopic (exact) mass is 295 g/mol. The van der Waals surface area contributed by atoms with Gasteiger partial charge in [-0.2, -0.15) is 15.0 Å². The van der Waals surface area contributed by atoms with Crippen LogP contribution in [0.1, 0.15) is 13.8 Å². The number of hydrogen-bond donors (Lipinski definition) is 2. The Morgan fingerprint density at radius 1 is 1.40 bits per heavy atom. The number of hydrogen-bond acceptors (Lipinski definition) is 6. The van der Waals surface area contributed by atoms with Gasteiger partial charge in [0.2, 0.25) is 23.1 Å². The molecule has 1 unspecified atom stereocenters. The van der Waals surface area contributed by atoms with Crippen molar-refractivity contribution in [2.24, 2.45) is 11.7 Å². The molecule has 1 amide bonds. The second-order valence-electron chi connectivity index (χ2n) is 4.47. The molecule has 0 fully saturated rings. The Morgan fingerprint density at radius 2 is 2.15 bits per heavy atom. The fraction of sp³-hybridized carbons (Fsp3) is 0.364. The Labute approximate surface area is 120 Å². The van der Waals surface area contributed by atoms with E-state index in [2.05, 4.69) is 25.3 Å². The van der Waals surface area contributed by atoms with E-state index in [0.29, 0.717) is 5.95 Å². The molecule has 3 N–H and O–H groups in total. The van der Waals surface area contributed by atoms with Crippen molar-refractivity contribution in [3.8, 4) is 5.95 Å². The Hall–Kier alpha value is -2.22. The van der Waals surface area contributed by atoms with E-state index in [1.165, 1.54) is 6.33 Å². The molecule has 0 aliphatic heterocycles. The Bertz CT molecular complexity index is 599. The minimum Gasteiger partial charge on any atom is -0.368 e. The number of anilines is 1. The van der Waals surface area contributed by atoms with E-state index in [0.717, 1.165) is 0 Å². The maximum absolute atomic E-state index is 11.4. The zero-order chi connectivity index (χ0) is 14.7. The summed E-state index contributed by atoms with van der Waals surface area (Å²) in [5, 5.41) is 2.88. The van der Waals surface area contributed by atoms with E-state index in [9.17, 15) is 4.79 Å². The normalized spacial score (nSPS) is 12.4. The second-order valence-corrected chi connectivity index (χ2v) is 4.80. The summed E-state index contributed by atoms with van der Waals surface area (Å²) in [6.07, 6.45) is 4.79. The number of nitrogens with one attached hydrogen (secondary N) is 1. The van der Waals surface area contributed by atoms with E-state index in [4.69, 9.17) is 17.3 Å². The van der Waals surface area contributed by atoms with Crippen LogP contribution in [0, 0.1) is 5.92 Å². The fourth-order valence-electron chi connectivity index (χ4n) is 1.60. The van der Waals surface area contributed by atoms with E-state index >= 15 is 0 Å². The summed E-state index contributed by atoms with van der Waals surface area (Å²) < 4.78 is 1.58. The first-order chi connectivity index (χ1) is 9.47. The van der Waals surface area contributed by atoms with Gasteiger partial charge in [-0.3, -0.25) is 9.36 Å². The molecule has 0 aliphatic rings. The van der Waals surface area contributed by atoms with Gasteiger partial charge in [-0.1, -0.05) is 13.8 Å². The number of nitrogens with two attached hydrogens (primary N) is 1. The molecule has 2 aromatic rings. The number of rotatable bonds is 5. The molecule has 2 rings (SSSR count). The van der Waals surface area contributed by atoms with Crippen molar-refractivity contribution in [2.45, 2.75) is 19.9 Å². The first-order valence-electron chi connectivity index (χ1n) is 5.93. The van der Waals surface area contributed by atoms with Gasteiger partial charge in [-0.25, -0.2) is 4.98 Å². The van der Waals surface area contributed by atoms with Crippen molar-refractivity contribution in [1.29, 1.82) is 0 Å². The van der Waals surface area contributed by atoms with Crippen molar-refractivity contribution >= 4 is 23.5 Å². The van der Waals surface area contributed by atoms with Crippen molar-refractivity contribution in [1.82, 2.24) is 24.5 Å². The topological polar surface area (TPSA) is 112 Å². The number of imidazole rings is 1. The first-order valence-corrected chi connectivity index (χ1v) is 6.31. The van der Waals surface area contributed by atoms with Crippen molar-refractivity contribution < 1.29 is 4.79 Å². The van der Waals surface area contributed by atoms with Gasteiger partial charge in [0.15, 0.2) is 0 Å². The molecule has 0 saturated carbocycles. The van der Waals surface area contributed by atoms with Gasteiger partial charge in [-0.05, 0) is 17.5 Å². The maximum Gasteiger partial charge on any atom is 0.241 e. The molecule has 2 aromatic heterocycles. The van der Waals surface area contributed by atoms with Gasteiger partial charge in [0.1, 0.15) is 12.4 Å². The molecule has 0 saturated heterocycles. The molecule has 8 nitrogen and oxygen atoms in total. The van der Waals surface area contributed by atoms with E-state index in [1.54, 1.807) is 17.0 Å². The Kier molecular flexibility index (Phi) is 4.14. The summed E-state index contributed by atoms with van der Waals surface area (Å²) >= 11 is 5.86. The van der Waals surface area contributed by atoms with Crippen LogP contribution in [0.15, 0.2) is 18.7 Å². The SMILES string of the molecule is CC(C)C(Nc1nc(Cl)nc(-n2ccnc2)n1)C(N)=O. The van der Waals surface area contributed by atoms with Gasteiger partial charge in [0, 0.05) is 12.4 Å². The molecule has 1 atom stereocenters. The molecule has 0 spiro atoms. The standard InChI is InChI=1S/C11H14ClN7O/c1-6(2)7(8(13)20)15-10-16-9(12)17-11(18-10)19-4-3-14-5-19/h3-7H,1-2H3,(H2,13,20)(H,15,16,17,18). The van der Waals surface area contributed by atoms with Gasteiger partial charge in [-0.15, -0.1) is 0 Å². The highest BCUT2D eigenvalue weighted by molar-refractivity contribution is 6.28. The van der Waals surface area contributed by atoms with Crippen LogP contribution in [0.5, 0.6) is 0 Å². The lowest BCUT2D eigenvalue weighted by Gasteiger charge is -2.18. The molecular formula is C11H14ClN7O. The molecular weight excluding hydrogens is 282 g/mol. The third kappa shape index (κ3) is 3.21. The second kappa shape index (κ2) is 5.83. The largest absolute Gasteiger partial charge is 0.368 e. The Balaban J connectivity index is 2.31. The molecule has 0 bridgehead atoms. The lowest BCUT2D eigenvalue weighted by Crippen LogP contribution is -2.40. The molecule has 0 radical (unpaired) electrons. The average molecular weight is 296 g/mol. The van der Waals surface area contributed by atoms with Gasteiger partial charge in [0.25, 0.3) is 0 Å². The smallest absolute Gasteiger partial charge is 0.241 e. The number of amides is 1. The molecule has 20 heavy (non-hydrogen) atoms. The number of halogens is 1. The zero-order valence-corrected chi connectivity index (χ0v) is 11.7. The molecule has 106 valence electrons. The molecule has 0 aromatic carbocycles. The lowest BCUT2D eigenvalue weighted by molar-refractivity contribution is -0.119. The number of aromatic nitrogens is 5. The zero-order valence-electron chi connectivity index (χ0n) is 11.0. The minimum absolute atomic E-state index is 0.0122. The summed E-state index contributed by atoms with van der Waals surface area (Å²) in [7, 11) is 0. The highest BCUT2D eigenvalue weighted by atomic mass is 35.5. The molecule has 0 aliphatic carbocycles. The maximum atomic E-state index is 11.4. The van der Waals surface area contributed by atoms with E-state index < -0.39 is 11.9 Å². The summed E-state index contributed by atoms with van der Waals surface area (Å²) in [6, 6.07) is -0.593. The third-order valence-electron chi connectivity index (χ3n) is 2.59. The molecule has 9 heteroatoms. The summed E-state index contributed by atoms with van der Waals surface area (Å²) in [5.41, 5.74) is 5.34. The lowest BCUT2D eigenvalue weighted by atomic mass is 10.0. The van der Waals surface area contributed by atoms with Crippen molar-refractivity contribution in [2.75, 3.05) is 5.32 Å². The minimum atomic E-state index is -0.593. The van der Waals surface area contributed by atoms with Crippen LogP contribution in [0.3, 0.4) is 0 Å². The number of carbonyl (C=O) groups excluding carboxylic acids is 1. The van der Waals surface area contributed by atoms with Crippen molar-refractivity contribution in [3.05, 3.63) is 24.0 Å². The fourth-order valence-corrected chi connectivity index (χ4v) is 1.76. The van der Waals surface area contributed by atoms with Gasteiger partial charge < -0.3 is 11.1 Å². The van der Waals surface area contributed by atoms with Crippen LogP contribution in [0.25, 0.3) is 5.95 Å². The van der Waals surface area contributed by atoms with Crippen LogP contribution in [0.4, 0.5) is 5.95 Å².